The molecule has 5 heteroatoms. The Hall–Kier alpha value is -2.56. The SMILES string of the molecule is Cc1ccn(C)c(=O)c1NC(=O)N1CCC(c2ccccc2)C1(C)C. The van der Waals surface area contributed by atoms with Crippen LogP contribution < -0.4 is 10.9 Å². The number of rotatable bonds is 2. The summed E-state index contributed by atoms with van der Waals surface area (Å²) >= 11 is 0. The van der Waals surface area contributed by atoms with Crippen LogP contribution >= 0.6 is 0 Å². The number of benzene rings is 1. The summed E-state index contributed by atoms with van der Waals surface area (Å²) in [5.74, 6) is 0.277. The Balaban J connectivity index is 1.85. The van der Waals surface area contributed by atoms with Gasteiger partial charge in [0.05, 0.1) is 0 Å². The molecule has 1 N–H and O–H groups in total. The molecule has 1 unspecified atom stereocenters. The number of hydrogen-bond donors (Lipinski definition) is 1. The van der Waals surface area contributed by atoms with Gasteiger partial charge in [-0.3, -0.25) is 4.79 Å². The van der Waals surface area contributed by atoms with Gasteiger partial charge in [-0.15, -0.1) is 0 Å². The van der Waals surface area contributed by atoms with Crippen molar-refractivity contribution in [2.24, 2.45) is 7.05 Å². The van der Waals surface area contributed by atoms with Crippen LogP contribution in [0.25, 0.3) is 0 Å². The maximum absolute atomic E-state index is 12.9. The number of nitrogens with zero attached hydrogens (tertiary/aromatic N) is 2. The van der Waals surface area contributed by atoms with Gasteiger partial charge in [-0.25, -0.2) is 4.79 Å². The smallest absolute Gasteiger partial charge is 0.319 e. The summed E-state index contributed by atoms with van der Waals surface area (Å²) in [7, 11) is 1.68. The molecule has 25 heavy (non-hydrogen) atoms. The van der Waals surface area contributed by atoms with Gasteiger partial charge in [-0.2, -0.15) is 0 Å². The van der Waals surface area contributed by atoms with Gasteiger partial charge >= 0.3 is 6.03 Å². The molecular weight excluding hydrogens is 314 g/mol. The fourth-order valence-electron chi connectivity index (χ4n) is 3.76. The Morgan fingerprint density at radius 1 is 1.20 bits per heavy atom. The number of aromatic nitrogens is 1. The number of hydrogen-bond acceptors (Lipinski definition) is 2. The number of carbonyl (C=O) groups is 1. The van der Waals surface area contributed by atoms with Gasteiger partial charge in [0.2, 0.25) is 0 Å². The third-order valence-electron chi connectivity index (χ3n) is 5.35. The molecule has 3 rings (SSSR count). The second kappa shape index (κ2) is 6.39. The molecule has 2 amide bonds. The number of anilines is 1. The Morgan fingerprint density at radius 3 is 2.56 bits per heavy atom. The van der Waals surface area contributed by atoms with E-state index in [0.29, 0.717) is 12.2 Å². The molecule has 5 nitrogen and oxygen atoms in total. The van der Waals surface area contributed by atoms with E-state index in [0.717, 1.165) is 12.0 Å². The van der Waals surface area contributed by atoms with Crippen LogP contribution in [0.2, 0.25) is 0 Å². The minimum absolute atomic E-state index is 0.190. The van der Waals surface area contributed by atoms with Crippen LogP contribution in [0.5, 0.6) is 0 Å². The highest BCUT2D eigenvalue weighted by atomic mass is 16.2. The molecule has 0 spiro atoms. The molecule has 2 aromatic rings. The lowest BCUT2D eigenvalue weighted by Gasteiger charge is -2.36. The quantitative estimate of drug-likeness (QED) is 0.910. The minimum Gasteiger partial charge on any atom is -0.319 e. The van der Waals surface area contributed by atoms with Gasteiger partial charge in [-0.05, 0) is 44.4 Å². The molecule has 0 aliphatic carbocycles. The normalized spacial score (nSPS) is 19.0. The van der Waals surface area contributed by atoms with Crippen LogP contribution in [0, 0.1) is 6.92 Å². The topological polar surface area (TPSA) is 54.3 Å². The van der Waals surface area contributed by atoms with E-state index in [2.05, 4.69) is 31.3 Å². The Kier molecular flexibility index (Phi) is 4.41. The lowest BCUT2D eigenvalue weighted by atomic mass is 9.83. The second-order valence-electron chi connectivity index (χ2n) is 7.28. The maximum atomic E-state index is 12.9. The summed E-state index contributed by atoms with van der Waals surface area (Å²) in [6.07, 6.45) is 2.62. The molecule has 0 radical (unpaired) electrons. The van der Waals surface area contributed by atoms with Crippen molar-refractivity contribution >= 4 is 11.7 Å². The summed E-state index contributed by atoms with van der Waals surface area (Å²) in [5.41, 5.74) is 1.86. The van der Waals surface area contributed by atoms with Crippen molar-refractivity contribution in [3.05, 3.63) is 64.1 Å². The number of amides is 2. The van der Waals surface area contributed by atoms with Crippen molar-refractivity contribution in [1.82, 2.24) is 9.47 Å². The summed E-state index contributed by atoms with van der Waals surface area (Å²) in [5, 5.41) is 2.84. The van der Waals surface area contributed by atoms with Gasteiger partial charge in [0.25, 0.3) is 5.56 Å². The molecule has 2 heterocycles. The number of urea groups is 1. The van der Waals surface area contributed by atoms with Gasteiger partial charge in [0, 0.05) is 31.2 Å². The first-order valence-corrected chi connectivity index (χ1v) is 8.62. The first-order chi connectivity index (χ1) is 11.8. The zero-order valence-corrected chi connectivity index (χ0v) is 15.2. The summed E-state index contributed by atoms with van der Waals surface area (Å²) in [6, 6.07) is 11.9. The minimum atomic E-state index is -0.320. The van der Waals surface area contributed by atoms with E-state index in [1.165, 1.54) is 10.1 Å². The Bertz CT molecular complexity index is 840. The summed E-state index contributed by atoms with van der Waals surface area (Å²) < 4.78 is 1.48. The lowest BCUT2D eigenvalue weighted by Crippen LogP contribution is -2.48. The van der Waals surface area contributed by atoms with E-state index < -0.39 is 0 Å². The Labute approximate surface area is 148 Å². The summed E-state index contributed by atoms with van der Waals surface area (Å²) in [6.45, 7) is 6.68. The van der Waals surface area contributed by atoms with Crippen LogP contribution in [-0.4, -0.2) is 27.6 Å². The van der Waals surface area contributed by atoms with E-state index in [1.807, 2.05) is 36.1 Å². The molecule has 1 aromatic carbocycles. The van der Waals surface area contributed by atoms with E-state index >= 15 is 0 Å². The van der Waals surface area contributed by atoms with Crippen molar-refractivity contribution in [3.63, 3.8) is 0 Å². The highest BCUT2D eigenvalue weighted by molar-refractivity contribution is 5.90. The molecule has 0 saturated carbocycles. The van der Waals surface area contributed by atoms with Gasteiger partial charge in [0.15, 0.2) is 0 Å². The van der Waals surface area contributed by atoms with Gasteiger partial charge < -0.3 is 14.8 Å². The second-order valence-corrected chi connectivity index (χ2v) is 7.28. The molecule has 132 valence electrons. The largest absolute Gasteiger partial charge is 0.322 e. The molecule has 1 saturated heterocycles. The van der Waals surface area contributed by atoms with E-state index in [4.69, 9.17) is 0 Å². The van der Waals surface area contributed by atoms with Crippen LogP contribution in [0.15, 0.2) is 47.4 Å². The molecular formula is C20H25N3O2. The van der Waals surface area contributed by atoms with Crippen LogP contribution in [0.3, 0.4) is 0 Å². The highest BCUT2D eigenvalue weighted by Gasteiger charge is 2.44. The van der Waals surface area contributed by atoms with E-state index in [9.17, 15) is 9.59 Å². The average molecular weight is 339 g/mol. The summed E-state index contributed by atoms with van der Waals surface area (Å²) in [4.78, 5) is 27.1. The molecule has 1 aromatic heterocycles. The number of nitrogens with one attached hydrogen (secondary N) is 1. The first-order valence-electron chi connectivity index (χ1n) is 8.62. The third kappa shape index (κ3) is 3.06. The number of aryl methyl sites for hydroxylation is 2. The fourth-order valence-corrected chi connectivity index (χ4v) is 3.76. The van der Waals surface area contributed by atoms with E-state index in [-0.39, 0.29) is 23.0 Å². The highest BCUT2D eigenvalue weighted by Crippen LogP contribution is 2.41. The van der Waals surface area contributed by atoms with Crippen molar-refractivity contribution in [2.45, 2.75) is 38.6 Å². The molecule has 1 aliphatic heterocycles. The van der Waals surface area contributed by atoms with Gasteiger partial charge in [0.1, 0.15) is 5.69 Å². The first kappa shape index (κ1) is 17.3. The standard InChI is InChI=1S/C20H25N3O2/c1-14-10-12-22(4)18(24)17(14)21-19(25)23-13-11-16(20(23,2)3)15-8-6-5-7-9-15/h5-10,12,16H,11,13H2,1-4H3,(H,21,25). The van der Waals surface area contributed by atoms with Crippen molar-refractivity contribution in [1.29, 1.82) is 0 Å². The zero-order valence-electron chi connectivity index (χ0n) is 15.2. The molecule has 1 atom stereocenters. The third-order valence-corrected chi connectivity index (χ3v) is 5.35. The van der Waals surface area contributed by atoms with Crippen LogP contribution in [-0.2, 0) is 7.05 Å². The number of carbonyl (C=O) groups excluding carboxylic acids is 1. The predicted molar refractivity (Wildman–Crippen MR) is 100 cm³/mol. The Morgan fingerprint density at radius 2 is 1.88 bits per heavy atom. The van der Waals surface area contributed by atoms with Crippen molar-refractivity contribution < 1.29 is 4.79 Å². The average Bonchev–Trinajstić information content (AvgIpc) is 2.90. The van der Waals surface area contributed by atoms with E-state index in [1.54, 1.807) is 13.2 Å². The van der Waals surface area contributed by atoms with Crippen LogP contribution in [0.4, 0.5) is 10.5 Å². The maximum Gasteiger partial charge on any atom is 0.322 e. The lowest BCUT2D eigenvalue weighted by molar-refractivity contribution is 0.171. The van der Waals surface area contributed by atoms with Crippen molar-refractivity contribution in [2.75, 3.05) is 11.9 Å². The monoisotopic (exact) mass is 339 g/mol. The number of likely N-dealkylation sites (tertiary alicyclic amines) is 1. The molecule has 1 aliphatic rings. The predicted octanol–water partition coefficient (Wildman–Crippen LogP) is 3.49. The zero-order chi connectivity index (χ0) is 18.2. The fraction of sp³-hybridized carbons (Fsp3) is 0.400. The molecule has 1 fully saturated rings. The number of pyridine rings is 1. The van der Waals surface area contributed by atoms with Crippen LogP contribution in [0.1, 0.15) is 37.3 Å². The van der Waals surface area contributed by atoms with Crippen molar-refractivity contribution in [3.8, 4) is 0 Å². The van der Waals surface area contributed by atoms with Gasteiger partial charge in [-0.1, -0.05) is 30.3 Å². The molecule has 0 bridgehead atoms.